The van der Waals surface area contributed by atoms with Crippen molar-refractivity contribution in [3.05, 3.63) is 33.9 Å². The Kier molecular flexibility index (Phi) is 3.02. The highest BCUT2D eigenvalue weighted by atomic mass is 16.6. The van der Waals surface area contributed by atoms with Crippen LogP contribution in [0.15, 0.2) is 18.2 Å². The van der Waals surface area contributed by atoms with Gasteiger partial charge >= 0.3 is 5.69 Å². The first-order chi connectivity index (χ1) is 8.09. The summed E-state index contributed by atoms with van der Waals surface area (Å²) in [7, 11) is 0. The van der Waals surface area contributed by atoms with Crippen LogP contribution >= 0.6 is 0 Å². The maximum Gasteiger partial charge on any atom is 0.310 e. The van der Waals surface area contributed by atoms with Crippen LogP contribution in [0.25, 0.3) is 0 Å². The first-order valence-corrected chi connectivity index (χ1v) is 5.77. The second-order valence-electron chi connectivity index (χ2n) is 4.65. The van der Waals surface area contributed by atoms with Crippen molar-refractivity contribution in [3.63, 3.8) is 0 Å². The third-order valence-electron chi connectivity index (χ3n) is 3.74. The number of nitrogens with zero attached hydrogens (tertiary/aromatic N) is 1. The lowest BCUT2D eigenvalue weighted by Crippen LogP contribution is -2.31. The van der Waals surface area contributed by atoms with Crippen LogP contribution in [0.5, 0.6) is 5.75 Å². The Morgan fingerprint density at radius 3 is 2.59 bits per heavy atom. The molecule has 5 nitrogen and oxygen atoms in total. The minimum atomic E-state index is -0.558. The van der Waals surface area contributed by atoms with E-state index < -0.39 is 4.92 Å². The van der Waals surface area contributed by atoms with Gasteiger partial charge in [0.05, 0.1) is 4.92 Å². The van der Waals surface area contributed by atoms with Gasteiger partial charge < -0.3 is 10.8 Å². The first-order valence-electron chi connectivity index (χ1n) is 5.77. The molecule has 1 aromatic rings. The van der Waals surface area contributed by atoms with Gasteiger partial charge in [0.15, 0.2) is 5.75 Å². The van der Waals surface area contributed by atoms with Gasteiger partial charge in [-0.1, -0.05) is 18.9 Å². The minimum Gasteiger partial charge on any atom is -0.502 e. The smallest absolute Gasteiger partial charge is 0.310 e. The fraction of sp³-hybridized carbons (Fsp3) is 0.500. The molecular formula is C12H16N2O3. The van der Waals surface area contributed by atoms with Crippen molar-refractivity contribution >= 4 is 5.69 Å². The molecule has 1 aromatic carbocycles. The average molecular weight is 236 g/mol. The maximum absolute atomic E-state index is 10.8. The van der Waals surface area contributed by atoms with Gasteiger partial charge in [0.1, 0.15) is 0 Å². The van der Waals surface area contributed by atoms with E-state index in [0.717, 1.165) is 31.2 Å². The zero-order chi connectivity index (χ0) is 12.5. The molecule has 0 amide bonds. The SMILES string of the molecule is NCC1(c2ccc(O)c([N+](=O)[O-])c2)CCCC1. The molecule has 17 heavy (non-hydrogen) atoms. The van der Waals surface area contributed by atoms with Gasteiger partial charge in [0.2, 0.25) is 0 Å². The van der Waals surface area contributed by atoms with Gasteiger partial charge in [-0.2, -0.15) is 0 Å². The molecule has 0 aromatic heterocycles. The average Bonchev–Trinajstić information content (AvgIpc) is 2.79. The second-order valence-corrected chi connectivity index (χ2v) is 4.65. The molecule has 1 saturated carbocycles. The predicted octanol–water partition coefficient (Wildman–Crippen LogP) is 2.07. The molecule has 2 rings (SSSR count). The van der Waals surface area contributed by atoms with Crippen molar-refractivity contribution in [2.24, 2.45) is 5.73 Å². The Morgan fingerprint density at radius 2 is 2.06 bits per heavy atom. The van der Waals surface area contributed by atoms with Crippen molar-refractivity contribution in [2.45, 2.75) is 31.1 Å². The lowest BCUT2D eigenvalue weighted by molar-refractivity contribution is -0.386. The Hall–Kier alpha value is -1.62. The van der Waals surface area contributed by atoms with E-state index in [-0.39, 0.29) is 16.9 Å². The van der Waals surface area contributed by atoms with Gasteiger partial charge in [0, 0.05) is 18.0 Å². The normalized spacial score (nSPS) is 18.2. The van der Waals surface area contributed by atoms with Crippen molar-refractivity contribution in [1.82, 2.24) is 0 Å². The lowest BCUT2D eigenvalue weighted by atomic mass is 9.79. The fourth-order valence-electron chi connectivity index (χ4n) is 2.66. The summed E-state index contributed by atoms with van der Waals surface area (Å²) in [6.07, 6.45) is 4.13. The van der Waals surface area contributed by atoms with E-state index in [1.54, 1.807) is 6.07 Å². The molecule has 5 heteroatoms. The molecule has 1 aliphatic carbocycles. The largest absolute Gasteiger partial charge is 0.502 e. The molecule has 92 valence electrons. The van der Waals surface area contributed by atoms with Gasteiger partial charge in [-0.25, -0.2) is 0 Å². The van der Waals surface area contributed by atoms with Crippen LogP contribution < -0.4 is 5.73 Å². The van der Waals surface area contributed by atoms with E-state index in [4.69, 9.17) is 5.73 Å². The number of nitro groups is 1. The van der Waals surface area contributed by atoms with Crippen molar-refractivity contribution in [3.8, 4) is 5.75 Å². The van der Waals surface area contributed by atoms with Gasteiger partial charge in [-0.15, -0.1) is 0 Å². The molecular weight excluding hydrogens is 220 g/mol. The van der Waals surface area contributed by atoms with Crippen LogP contribution in [0.4, 0.5) is 5.69 Å². The fourth-order valence-corrected chi connectivity index (χ4v) is 2.66. The van der Waals surface area contributed by atoms with E-state index in [1.165, 1.54) is 12.1 Å². The van der Waals surface area contributed by atoms with E-state index in [0.29, 0.717) is 6.54 Å². The summed E-state index contributed by atoms with van der Waals surface area (Å²) >= 11 is 0. The van der Waals surface area contributed by atoms with Crippen molar-refractivity contribution < 1.29 is 10.0 Å². The second kappa shape index (κ2) is 4.33. The number of nitro benzene ring substituents is 1. The number of hydrogen-bond acceptors (Lipinski definition) is 4. The van der Waals surface area contributed by atoms with E-state index in [1.807, 2.05) is 0 Å². The zero-order valence-electron chi connectivity index (χ0n) is 9.56. The van der Waals surface area contributed by atoms with Gasteiger partial charge in [-0.05, 0) is 24.5 Å². The van der Waals surface area contributed by atoms with Crippen LogP contribution in [0.2, 0.25) is 0 Å². The van der Waals surface area contributed by atoms with E-state index in [9.17, 15) is 15.2 Å². The third kappa shape index (κ3) is 1.98. The topological polar surface area (TPSA) is 89.4 Å². The first kappa shape index (κ1) is 11.9. The van der Waals surface area contributed by atoms with Crippen LogP contribution in [0.3, 0.4) is 0 Å². The molecule has 1 aliphatic rings. The minimum absolute atomic E-state index is 0.140. The van der Waals surface area contributed by atoms with E-state index in [2.05, 4.69) is 0 Å². The summed E-state index contributed by atoms with van der Waals surface area (Å²) in [6.45, 7) is 0.495. The molecule has 1 fully saturated rings. The Bertz CT molecular complexity index is 439. The molecule has 0 saturated heterocycles. The Morgan fingerprint density at radius 1 is 1.41 bits per heavy atom. The summed E-state index contributed by atoms with van der Waals surface area (Å²) in [6, 6.07) is 4.61. The highest BCUT2D eigenvalue weighted by Crippen LogP contribution is 2.42. The summed E-state index contributed by atoms with van der Waals surface area (Å²) < 4.78 is 0. The number of nitrogens with two attached hydrogens (primary N) is 1. The Labute approximate surface area is 99.4 Å². The van der Waals surface area contributed by atoms with Crippen LogP contribution in [-0.2, 0) is 5.41 Å². The van der Waals surface area contributed by atoms with E-state index >= 15 is 0 Å². The number of phenols is 1. The van der Waals surface area contributed by atoms with Crippen LogP contribution in [0.1, 0.15) is 31.2 Å². The highest BCUT2D eigenvalue weighted by molar-refractivity contribution is 5.49. The molecule has 0 atom stereocenters. The van der Waals surface area contributed by atoms with Gasteiger partial charge in [0.25, 0.3) is 0 Å². The summed E-state index contributed by atoms with van der Waals surface area (Å²) in [5.41, 5.74) is 6.34. The van der Waals surface area contributed by atoms with Crippen LogP contribution in [-0.4, -0.2) is 16.6 Å². The molecule has 0 radical (unpaired) electrons. The monoisotopic (exact) mass is 236 g/mol. The third-order valence-corrected chi connectivity index (χ3v) is 3.74. The zero-order valence-corrected chi connectivity index (χ0v) is 9.56. The molecule has 0 spiro atoms. The molecule has 0 unspecified atom stereocenters. The molecule has 0 aliphatic heterocycles. The quantitative estimate of drug-likeness (QED) is 0.621. The van der Waals surface area contributed by atoms with Crippen molar-refractivity contribution in [1.29, 1.82) is 0 Å². The number of aromatic hydroxyl groups is 1. The lowest BCUT2D eigenvalue weighted by Gasteiger charge is -2.27. The standard InChI is InChI=1S/C12H16N2O3/c13-8-12(5-1-2-6-12)9-3-4-11(15)10(7-9)14(16)17/h3-4,7,15H,1-2,5-6,8,13H2. The van der Waals surface area contributed by atoms with Crippen LogP contribution in [0, 0.1) is 10.1 Å². The molecule has 0 bridgehead atoms. The summed E-state index contributed by atoms with van der Waals surface area (Å²) in [5, 5.41) is 20.2. The summed E-state index contributed by atoms with van der Waals surface area (Å²) in [4.78, 5) is 10.2. The van der Waals surface area contributed by atoms with Crippen molar-refractivity contribution in [2.75, 3.05) is 6.54 Å². The van der Waals surface area contributed by atoms with Gasteiger partial charge in [-0.3, -0.25) is 10.1 Å². The number of phenolic OH excluding ortho intramolecular Hbond substituents is 1. The molecule has 0 heterocycles. The summed E-state index contributed by atoms with van der Waals surface area (Å²) in [5.74, 6) is -0.288. The number of hydrogen-bond donors (Lipinski definition) is 2. The number of benzene rings is 1. The Balaban J connectivity index is 2.45. The maximum atomic E-state index is 10.8. The predicted molar refractivity (Wildman–Crippen MR) is 64.0 cm³/mol. The highest BCUT2D eigenvalue weighted by Gasteiger charge is 2.35. The number of rotatable bonds is 3. The molecule has 3 N–H and O–H groups in total.